The van der Waals surface area contributed by atoms with E-state index in [1.165, 1.54) is 6.07 Å². The summed E-state index contributed by atoms with van der Waals surface area (Å²) in [5.74, 6) is 0. The summed E-state index contributed by atoms with van der Waals surface area (Å²) in [6.45, 7) is 7.58. The molecule has 0 radical (unpaired) electrons. The highest BCUT2D eigenvalue weighted by Crippen LogP contribution is 2.26. The molecule has 15 heavy (non-hydrogen) atoms. The van der Waals surface area contributed by atoms with Gasteiger partial charge in [0, 0.05) is 17.5 Å². The molecule has 1 rings (SSSR count). The van der Waals surface area contributed by atoms with E-state index >= 15 is 0 Å². The predicted octanol–water partition coefficient (Wildman–Crippen LogP) is 4.00. The normalized spacial score (nSPS) is 10.7. The first kappa shape index (κ1) is 11.8. The third-order valence-corrected chi connectivity index (χ3v) is 2.41. The summed E-state index contributed by atoms with van der Waals surface area (Å²) in [6, 6.07) is 1.50. The van der Waals surface area contributed by atoms with E-state index in [1.54, 1.807) is 6.20 Å². The molecule has 3 heteroatoms. The highest BCUT2D eigenvalue weighted by atomic mass is 19.3. The Hall–Kier alpha value is -1.25. The standard InChI is InChI=1S/C12H15F2N/c1-4-8(3)9-6-10(12(13)14)11(5-2)15-7-9/h6-7,12H,3-5H2,1-2H3. The summed E-state index contributed by atoms with van der Waals surface area (Å²) in [5, 5.41) is 0. The Bertz CT molecular complexity index is 359. The largest absolute Gasteiger partial charge is 0.265 e. The Morgan fingerprint density at radius 1 is 1.47 bits per heavy atom. The van der Waals surface area contributed by atoms with Crippen molar-refractivity contribution in [1.82, 2.24) is 4.98 Å². The van der Waals surface area contributed by atoms with E-state index in [9.17, 15) is 8.78 Å². The van der Waals surface area contributed by atoms with Crippen molar-refractivity contribution in [1.29, 1.82) is 0 Å². The van der Waals surface area contributed by atoms with E-state index in [1.807, 2.05) is 13.8 Å². The van der Waals surface area contributed by atoms with Gasteiger partial charge in [-0.15, -0.1) is 0 Å². The zero-order valence-corrected chi connectivity index (χ0v) is 9.06. The van der Waals surface area contributed by atoms with E-state index in [2.05, 4.69) is 11.6 Å². The summed E-state index contributed by atoms with van der Waals surface area (Å²) in [6.07, 6.45) is 0.433. The minimum atomic E-state index is -2.46. The SMILES string of the molecule is C=C(CC)c1cnc(CC)c(C(F)F)c1. The van der Waals surface area contributed by atoms with Gasteiger partial charge in [0.15, 0.2) is 0 Å². The summed E-state index contributed by atoms with van der Waals surface area (Å²) >= 11 is 0. The van der Waals surface area contributed by atoms with Crippen LogP contribution in [0.5, 0.6) is 0 Å². The van der Waals surface area contributed by atoms with Crippen molar-refractivity contribution in [3.63, 3.8) is 0 Å². The fraction of sp³-hybridized carbons (Fsp3) is 0.417. The topological polar surface area (TPSA) is 12.9 Å². The Morgan fingerprint density at radius 2 is 2.13 bits per heavy atom. The highest BCUT2D eigenvalue weighted by Gasteiger charge is 2.14. The molecule has 0 aliphatic heterocycles. The Labute approximate surface area is 88.8 Å². The maximum Gasteiger partial charge on any atom is 0.265 e. The number of allylic oxidation sites excluding steroid dienone is 1. The molecule has 0 N–H and O–H groups in total. The zero-order valence-electron chi connectivity index (χ0n) is 9.06. The number of hydrogen-bond acceptors (Lipinski definition) is 1. The first-order valence-corrected chi connectivity index (χ1v) is 5.05. The van der Waals surface area contributed by atoms with Gasteiger partial charge < -0.3 is 0 Å². The second-order valence-corrected chi connectivity index (χ2v) is 3.37. The lowest BCUT2D eigenvalue weighted by Gasteiger charge is -2.09. The molecule has 0 aliphatic rings. The van der Waals surface area contributed by atoms with Crippen LogP contribution in [0, 0.1) is 0 Å². The summed E-state index contributed by atoms with van der Waals surface area (Å²) < 4.78 is 25.4. The van der Waals surface area contributed by atoms with Gasteiger partial charge in [-0.3, -0.25) is 4.98 Å². The van der Waals surface area contributed by atoms with Gasteiger partial charge in [-0.2, -0.15) is 0 Å². The summed E-state index contributed by atoms with van der Waals surface area (Å²) in [7, 11) is 0. The molecule has 0 unspecified atom stereocenters. The molecule has 82 valence electrons. The van der Waals surface area contributed by atoms with Crippen molar-refractivity contribution in [3.8, 4) is 0 Å². The molecule has 0 saturated carbocycles. The number of hydrogen-bond donors (Lipinski definition) is 0. The zero-order chi connectivity index (χ0) is 11.4. The third kappa shape index (κ3) is 2.61. The van der Waals surface area contributed by atoms with Crippen molar-refractivity contribution < 1.29 is 8.78 Å². The van der Waals surface area contributed by atoms with Gasteiger partial charge in [-0.25, -0.2) is 8.78 Å². The third-order valence-electron chi connectivity index (χ3n) is 2.41. The molecule has 1 nitrogen and oxygen atoms in total. The Morgan fingerprint density at radius 3 is 2.60 bits per heavy atom. The first-order valence-electron chi connectivity index (χ1n) is 5.05. The number of aryl methyl sites for hydroxylation is 1. The molecule has 0 atom stereocenters. The minimum absolute atomic E-state index is 0.0320. The minimum Gasteiger partial charge on any atom is -0.260 e. The van der Waals surface area contributed by atoms with E-state index in [-0.39, 0.29) is 5.56 Å². The Kier molecular flexibility index (Phi) is 3.95. The Balaban J connectivity index is 3.16. The van der Waals surface area contributed by atoms with E-state index in [0.717, 1.165) is 12.0 Å². The van der Waals surface area contributed by atoms with Crippen molar-refractivity contribution in [3.05, 3.63) is 35.7 Å². The van der Waals surface area contributed by atoms with Crippen LogP contribution in [-0.4, -0.2) is 4.98 Å². The second kappa shape index (κ2) is 5.01. The first-order chi connectivity index (χ1) is 7.10. The van der Waals surface area contributed by atoms with E-state index in [4.69, 9.17) is 0 Å². The van der Waals surface area contributed by atoms with Crippen LogP contribution in [0.25, 0.3) is 5.57 Å². The van der Waals surface area contributed by atoms with Crippen LogP contribution < -0.4 is 0 Å². The quantitative estimate of drug-likeness (QED) is 0.733. The molecule has 0 bridgehead atoms. The number of alkyl halides is 2. The molecule has 1 heterocycles. The average Bonchev–Trinajstić information content (AvgIpc) is 2.27. The molecule has 0 amide bonds. The highest BCUT2D eigenvalue weighted by molar-refractivity contribution is 5.63. The molecule has 0 spiro atoms. The van der Waals surface area contributed by atoms with Gasteiger partial charge >= 0.3 is 0 Å². The van der Waals surface area contributed by atoms with Crippen molar-refractivity contribution >= 4 is 5.57 Å². The van der Waals surface area contributed by atoms with Gasteiger partial charge in [0.25, 0.3) is 6.43 Å². The lowest BCUT2D eigenvalue weighted by atomic mass is 10.0. The lowest BCUT2D eigenvalue weighted by molar-refractivity contribution is 0.149. The van der Waals surface area contributed by atoms with Crippen molar-refractivity contribution in [2.45, 2.75) is 33.1 Å². The van der Waals surface area contributed by atoms with Crippen LogP contribution in [0.15, 0.2) is 18.8 Å². The van der Waals surface area contributed by atoms with E-state index < -0.39 is 6.43 Å². The number of rotatable bonds is 4. The molecular formula is C12H15F2N. The molecular weight excluding hydrogens is 196 g/mol. The van der Waals surface area contributed by atoms with Gasteiger partial charge in [-0.05, 0) is 30.0 Å². The fourth-order valence-electron chi connectivity index (χ4n) is 1.39. The van der Waals surface area contributed by atoms with Gasteiger partial charge in [0.1, 0.15) is 0 Å². The maximum absolute atomic E-state index is 12.7. The number of nitrogens with zero attached hydrogens (tertiary/aromatic N) is 1. The van der Waals surface area contributed by atoms with Gasteiger partial charge in [0.05, 0.1) is 0 Å². The van der Waals surface area contributed by atoms with Crippen LogP contribution in [0.4, 0.5) is 8.78 Å². The van der Waals surface area contributed by atoms with Gasteiger partial charge in [-0.1, -0.05) is 20.4 Å². The molecule has 0 saturated heterocycles. The van der Waals surface area contributed by atoms with Crippen LogP contribution in [-0.2, 0) is 6.42 Å². The molecule has 1 aromatic heterocycles. The predicted molar refractivity (Wildman–Crippen MR) is 57.9 cm³/mol. The van der Waals surface area contributed by atoms with E-state index in [0.29, 0.717) is 17.7 Å². The maximum atomic E-state index is 12.7. The smallest absolute Gasteiger partial charge is 0.260 e. The lowest BCUT2D eigenvalue weighted by Crippen LogP contribution is -1.99. The molecule has 0 fully saturated rings. The monoisotopic (exact) mass is 211 g/mol. The molecule has 1 aromatic rings. The van der Waals surface area contributed by atoms with Crippen molar-refractivity contribution in [2.75, 3.05) is 0 Å². The second-order valence-electron chi connectivity index (χ2n) is 3.37. The molecule has 0 aliphatic carbocycles. The summed E-state index contributed by atoms with van der Waals surface area (Å²) in [5.41, 5.74) is 2.05. The number of pyridine rings is 1. The summed E-state index contributed by atoms with van der Waals surface area (Å²) in [4.78, 5) is 4.05. The average molecular weight is 211 g/mol. The van der Waals surface area contributed by atoms with Crippen LogP contribution in [0.1, 0.15) is 43.5 Å². The van der Waals surface area contributed by atoms with Crippen LogP contribution in [0.2, 0.25) is 0 Å². The van der Waals surface area contributed by atoms with Crippen LogP contribution in [0.3, 0.4) is 0 Å². The van der Waals surface area contributed by atoms with Gasteiger partial charge in [0.2, 0.25) is 0 Å². The molecule has 0 aromatic carbocycles. The number of halogens is 2. The fourth-order valence-corrected chi connectivity index (χ4v) is 1.39. The van der Waals surface area contributed by atoms with Crippen LogP contribution >= 0.6 is 0 Å². The number of aromatic nitrogens is 1. The van der Waals surface area contributed by atoms with Crippen molar-refractivity contribution in [2.24, 2.45) is 0 Å².